The Labute approximate surface area is 174 Å². The Balaban J connectivity index is 1.61. The summed E-state index contributed by atoms with van der Waals surface area (Å²) < 4.78 is 31.1. The normalized spacial score (nSPS) is 16.9. The zero-order valence-electron chi connectivity index (χ0n) is 15.7. The van der Waals surface area contributed by atoms with Crippen molar-refractivity contribution < 1.29 is 17.7 Å². The molecule has 0 spiro atoms. The summed E-state index contributed by atoms with van der Waals surface area (Å²) in [5, 5.41) is 3.85. The molecule has 29 heavy (non-hydrogen) atoms. The lowest BCUT2D eigenvalue weighted by molar-refractivity contribution is 0.0792. The fourth-order valence-electron chi connectivity index (χ4n) is 3.59. The number of likely N-dealkylation sites (tertiary alicyclic amines) is 1. The van der Waals surface area contributed by atoms with Crippen LogP contribution in [-0.4, -0.2) is 42.7 Å². The summed E-state index contributed by atoms with van der Waals surface area (Å²) in [6.07, 6.45) is 0.384. The molecule has 0 radical (unpaired) electrons. The molecule has 2 aromatic carbocycles. The summed E-state index contributed by atoms with van der Waals surface area (Å²) in [5.41, 5.74) is 1.28. The third-order valence-electron chi connectivity index (χ3n) is 5.15. The Morgan fingerprint density at radius 1 is 1.14 bits per heavy atom. The lowest BCUT2D eigenvalue weighted by atomic mass is 10.1. The van der Waals surface area contributed by atoms with E-state index in [1.54, 1.807) is 66.4 Å². The lowest BCUT2D eigenvalue weighted by Gasteiger charge is -2.17. The minimum Gasteiger partial charge on any atom is -0.360 e. The van der Waals surface area contributed by atoms with Crippen LogP contribution in [0.1, 0.15) is 22.5 Å². The third kappa shape index (κ3) is 3.56. The molecule has 1 amide bonds. The van der Waals surface area contributed by atoms with E-state index in [0.29, 0.717) is 40.6 Å². The highest BCUT2D eigenvalue weighted by Crippen LogP contribution is 2.33. The number of hydrogen-bond acceptors (Lipinski definition) is 5. The van der Waals surface area contributed by atoms with Crippen molar-refractivity contribution in [2.45, 2.75) is 23.5 Å². The van der Waals surface area contributed by atoms with Gasteiger partial charge in [-0.3, -0.25) is 4.79 Å². The molecule has 1 fully saturated rings. The van der Waals surface area contributed by atoms with Crippen LogP contribution in [0, 0.1) is 6.92 Å². The van der Waals surface area contributed by atoms with Gasteiger partial charge >= 0.3 is 0 Å². The summed E-state index contributed by atoms with van der Waals surface area (Å²) in [6, 6.07) is 15.4. The molecule has 1 aliphatic rings. The molecular weight excluding hydrogens is 412 g/mol. The van der Waals surface area contributed by atoms with Crippen molar-refractivity contribution in [3.63, 3.8) is 0 Å². The maximum atomic E-state index is 13.2. The molecule has 1 aliphatic heterocycles. The van der Waals surface area contributed by atoms with E-state index >= 15 is 0 Å². The summed E-state index contributed by atoms with van der Waals surface area (Å²) in [4.78, 5) is 15.1. The number of sulfone groups is 1. The van der Waals surface area contributed by atoms with Gasteiger partial charge in [-0.1, -0.05) is 53.2 Å². The molecule has 2 heterocycles. The highest BCUT2D eigenvalue weighted by molar-refractivity contribution is 7.92. The minimum absolute atomic E-state index is 0.128. The monoisotopic (exact) mass is 430 g/mol. The van der Waals surface area contributed by atoms with Gasteiger partial charge in [0.25, 0.3) is 5.91 Å². The Morgan fingerprint density at radius 3 is 2.55 bits per heavy atom. The second kappa shape index (κ2) is 7.65. The molecule has 0 saturated carbocycles. The maximum absolute atomic E-state index is 13.2. The molecule has 6 nitrogen and oxygen atoms in total. The first kappa shape index (κ1) is 19.7. The molecule has 0 N–H and O–H groups in total. The largest absolute Gasteiger partial charge is 0.360 e. The van der Waals surface area contributed by atoms with Crippen LogP contribution in [0.2, 0.25) is 5.02 Å². The molecular formula is C21H19ClN2O4S. The Hall–Kier alpha value is -2.64. The molecule has 0 unspecified atom stereocenters. The predicted octanol–water partition coefficient (Wildman–Crippen LogP) is 3.99. The molecule has 150 valence electrons. The summed E-state index contributed by atoms with van der Waals surface area (Å²) in [7, 11) is -3.51. The van der Waals surface area contributed by atoms with Crippen LogP contribution in [0.5, 0.6) is 0 Å². The number of carbonyl (C=O) groups is 1. The minimum atomic E-state index is -3.51. The van der Waals surface area contributed by atoms with E-state index in [2.05, 4.69) is 5.16 Å². The van der Waals surface area contributed by atoms with Crippen molar-refractivity contribution in [3.8, 4) is 11.3 Å². The summed E-state index contributed by atoms with van der Waals surface area (Å²) >= 11 is 6.27. The van der Waals surface area contributed by atoms with Crippen molar-refractivity contribution in [2.24, 2.45) is 0 Å². The van der Waals surface area contributed by atoms with Crippen molar-refractivity contribution >= 4 is 27.3 Å². The van der Waals surface area contributed by atoms with E-state index in [0.717, 1.165) is 0 Å². The van der Waals surface area contributed by atoms with Crippen LogP contribution in [0.4, 0.5) is 0 Å². The van der Waals surface area contributed by atoms with Gasteiger partial charge in [-0.15, -0.1) is 0 Å². The van der Waals surface area contributed by atoms with Gasteiger partial charge in [0.1, 0.15) is 17.0 Å². The number of hydrogen-bond donors (Lipinski definition) is 0. The van der Waals surface area contributed by atoms with E-state index in [9.17, 15) is 13.2 Å². The number of carbonyl (C=O) groups excluding carboxylic acids is 1. The fraction of sp³-hybridized carbons (Fsp3) is 0.238. The van der Waals surface area contributed by atoms with Crippen LogP contribution >= 0.6 is 11.6 Å². The van der Waals surface area contributed by atoms with Crippen LogP contribution in [-0.2, 0) is 9.84 Å². The summed E-state index contributed by atoms with van der Waals surface area (Å²) in [5.74, 6) is 0.0729. The number of amides is 1. The van der Waals surface area contributed by atoms with E-state index in [1.165, 1.54) is 0 Å². The van der Waals surface area contributed by atoms with E-state index in [1.807, 2.05) is 0 Å². The number of nitrogens with zero attached hydrogens (tertiary/aromatic N) is 2. The van der Waals surface area contributed by atoms with E-state index in [-0.39, 0.29) is 17.3 Å². The van der Waals surface area contributed by atoms with Crippen molar-refractivity contribution in [2.75, 3.05) is 13.1 Å². The van der Waals surface area contributed by atoms with Crippen LogP contribution in [0.3, 0.4) is 0 Å². The smallest absolute Gasteiger partial charge is 0.259 e. The van der Waals surface area contributed by atoms with Crippen molar-refractivity contribution in [1.82, 2.24) is 10.1 Å². The molecule has 1 saturated heterocycles. The quantitative estimate of drug-likeness (QED) is 0.625. The second-order valence-electron chi connectivity index (χ2n) is 6.96. The first-order valence-corrected chi connectivity index (χ1v) is 11.1. The van der Waals surface area contributed by atoms with Gasteiger partial charge in [0.2, 0.25) is 0 Å². The molecule has 4 rings (SSSR count). The Morgan fingerprint density at radius 2 is 1.83 bits per heavy atom. The topological polar surface area (TPSA) is 80.5 Å². The maximum Gasteiger partial charge on any atom is 0.259 e. The number of aryl methyl sites for hydroxylation is 1. The lowest BCUT2D eigenvalue weighted by Crippen LogP contribution is -2.32. The third-order valence-corrected chi connectivity index (χ3v) is 7.67. The van der Waals surface area contributed by atoms with Gasteiger partial charge in [-0.2, -0.15) is 0 Å². The van der Waals surface area contributed by atoms with Gasteiger partial charge in [-0.05, 0) is 31.5 Å². The molecule has 1 atom stereocenters. The van der Waals surface area contributed by atoms with Crippen molar-refractivity contribution in [3.05, 3.63) is 70.9 Å². The highest BCUT2D eigenvalue weighted by atomic mass is 35.5. The highest BCUT2D eigenvalue weighted by Gasteiger charge is 2.38. The van der Waals surface area contributed by atoms with Crippen LogP contribution in [0.15, 0.2) is 64.0 Å². The zero-order valence-corrected chi connectivity index (χ0v) is 17.3. The predicted molar refractivity (Wildman–Crippen MR) is 110 cm³/mol. The number of benzene rings is 2. The Kier molecular flexibility index (Phi) is 5.19. The number of rotatable bonds is 4. The van der Waals surface area contributed by atoms with Gasteiger partial charge < -0.3 is 9.42 Å². The zero-order chi connectivity index (χ0) is 20.6. The summed E-state index contributed by atoms with van der Waals surface area (Å²) in [6.45, 7) is 2.14. The van der Waals surface area contributed by atoms with E-state index < -0.39 is 15.1 Å². The van der Waals surface area contributed by atoms with Crippen molar-refractivity contribution in [1.29, 1.82) is 0 Å². The standard InChI is InChI=1S/C21H19ClN2O4S/c1-14-19(20(23-28-14)17-9-5-6-10-18(17)22)21(25)24-12-11-16(13-24)29(26,27)15-7-3-2-4-8-15/h2-10,16H,11-13H2,1H3/t16-/m1/s1. The van der Waals surface area contributed by atoms with Crippen LogP contribution < -0.4 is 0 Å². The van der Waals surface area contributed by atoms with Gasteiger partial charge in [0.05, 0.1) is 15.2 Å². The number of aromatic nitrogens is 1. The average molecular weight is 431 g/mol. The van der Waals surface area contributed by atoms with Gasteiger partial charge in [0.15, 0.2) is 9.84 Å². The molecule has 1 aromatic heterocycles. The number of halogens is 1. The molecule has 3 aromatic rings. The SMILES string of the molecule is Cc1onc(-c2ccccc2Cl)c1C(=O)N1CC[C@@H](S(=O)(=O)c2ccccc2)C1. The first-order chi connectivity index (χ1) is 13.9. The van der Waals surface area contributed by atoms with E-state index in [4.69, 9.17) is 16.1 Å². The molecule has 0 aliphatic carbocycles. The fourth-order valence-corrected chi connectivity index (χ4v) is 5.53. The Bertz CT molecular complexity index is 1160. The molecule has 0 bridgehead atoms. The van der Waals surface area contributed by atoms with Gasteiger partial charge in [-0.25, -0.2) is 8.42 Å². The second-order valence-corrected chi connectivity index (χ2v) is 9.60. The first-order valence-electron chi connectivity index (χ1n) is 9.19. The van der Waals surface area contributed by atoms with Gasteiger partial charge in [0, 0.05) is 18.7 Å². The van der Waals surface area contributed by atoms with Crippen LogP contribution in [0.25, 0.3) is 11.3 Å². The molecule has 8 heteroatoms. The average Bonchev–Trinajstić information content (AvgIpc) is 3.36.